The SMILES string of the molecule is CCN(CC(=O)NC)C(c1ccncc1)C(C)N. The average Bonchev–Trinajstić information content (AvgIpc) is 2.38. The van der Waals surface area contributed by atoms with Crippen molar-refractivity contribution in [3.8, 4) is 0 Å². The van der Waals surface area contributed by atoms with Gasteiger partial charge in [-0.3, -0.25) is 14.7 Å². The van der Waals surface area contributed by atoms with Crippen molar-refractivity contribution in [2.24, 2.45) is 5.73 Å². The standard InChI is InChI=1S/C13H22N4O/c1-4-17(9-12(18)15-3)13(10(2)14)11-5-7-16-8-6-11/h5-8,10,13H,4,9,14H2,1-3H3,(H,15,18). The lowest BCUT2D eigenvalue weighted by atomic mass is 10.0. The van der Waals surface area contributed by atoms with Gasteiger partial charge in [0, 0.05) is 25.5 Å². The highest BCUT2D eigenvalue weighted by molar-refractivity contribution is 5.77. The predicted octanol–water partition coefficient (Wildman–Crippen LogP) is 0.538. The second kappa shape index (κ2) is 7.08. The van der Waals surface area contributed by atoms with Crippen molar-refractivity contribution >= 4 is 5.91 Å². The maximum atomic E-state index is 11.5. The number of carbonyl (C=O) groups excluding carboxylic acids is 1. The molecular formula is C13H22N4O. The fourth-order valence-corrected chi connectivity index (χ4v) is 2.08. The number of aromatic nitrogens is 1. The molecule has 0 bridgehead atoms. The summed E-state index contributed by atoms with van der Waals surface area (Å²) in [5.41, 5.74) is 7.16. The molecule has 0 spiro atoms. The zero-order valence-electron chi connectivity index (χ0n) is 11.3. The second-order valence-corrected chi connectivity index (χ2v) is 4.32. The first kappa shape index (κ1) is 14.6. The average molecular weight is 250 g/mol. The lowest BCUT2D eigenvalue weighted by Crippen LogP contribution is -2.44. The summed E-state index contributed by atoms with van der Waals surface area (Å²) < 4.78 is 0. The number of nitrogens with two attached hydrogens (primary N) is 1. The Morgan fingerprint density at radius 2 is 2.11 bits per heavy atom. The molecule has 0 radical (unpaired) electrons. The summed E-state index contributed by atoms with van der Waals surface area (Å²) in [6, 6.07) is 3.86. The van der Waals surface area contributed by atoms with Crippen LogP contribution in [0.1, 0.15) is 25.5 Å². The molecule has 1 aromatic heterocycles. The molecule has 2 unspecified atom stereocenters. The van der Waals surface area contributed by atoms with Gasteiger partial charge in [-0.05, 0) is 31.2 Å². The van der Waals surface area contributed by atoms with Gasteiger partial charge < -0.3 is 11.1 Å². The summed E-state index contributed by atoms with van der Waals surface area (Å²) in [5.74, 6) is -0.00319. The van der Waals surface area contributed by atoms with E-state index in [0.717, 1.165) is 12.1 Å². The van der Waals surface area contributed by atoms with Crippen molar-refractivity contribution in [2.75, 3.05) is 20.1 Å². The zero-order chi connectivity index (χ0) is 13.5. The third kappa shape index (κ3) is 3.78. The minimum Gasteiger partial charge on any atom is -0.358 e. The maximum absolute atomic E-state index is 11.5. The van der Waals surface area contributed by atoms with E-state index in [9.17, 15) is 4.79 Å². The van der Waals surface area contributed by atoms with Crippen LogP contribution in [-0.2, 0) is 4.79 Å². The number of nitrogens with zero attached hydrogens (tertiary/aromatic N) is 2. The van der Waals surface area contributed by atoms with Gasteiger partial charge in [0.05, 0.1) is 12.6 Å². The molecule has 5 nitrogen and oxygen atoms in total. The van der Waals surface area contributed by atoms with Crippen molar-refractivity contribution in [1.82, 2.24) is 15.2 Å². The Labute approximate surface area is 108 Å². The van der Waals surface area contributed by atoms with E-state index in [-0.39, 0.29) is 18.0 Å². The number of hydrogen-bond acceptors (Lipinski definition) is 4. The van der Waals surface area contributed by atoms with Crippen molar-refractivity contribution in [1.29, 1.82) is 0 Å². The highest BCUT2D eigenvalue weighted by Gasteiger charge is 2.24. The summed E-state index contributed by atoms with van der Waals surface area (Å²) >= 11 is 0. The number of nitrogens with one attached hydrogen (secondary N) is 1. The molecule has 0 fully saturated rings. The topological polar surface area (TPSA) is 71.2 Å². The molecule has 0 aliphatic heterocycles. The summed E-state index contributed by atoms with van der Waals surface area (Å²) in [6.07, 6.45) is 3.50. The molecule has 5 heteroatoms. The van der Waals surface area contributed by atoms with E-state index in [4.69, 9.17) is 5.73 Å². The van der Waals surface area contributed by atoms with Crippen LogP contribution in [0.15, 0.2) is 24.5 Å². The van der Waals surface area contributed by atoms with Crippen LogP contribution in [0.2, 0.25) is 0 Å². The molecule has 0 aliphatic rings. The van der Waals surface area contributed by atoms with Gasteiger partial charge in [-0.15, -0.1) is 0 Å². The first-order valence-corrected chi connectivity index (χ1v) is 6.20. The third-order valence-corrected chi connectivity index (χ3v) is 2.97. The van der Waals surface area contributed by atoms with Gasteiger partial charge in [0.2, 0.25) is 5.91 Å². The number of carbonyl (C=O) groups is 1. The number of rotatable bonds is 6. The van der Waals surface area contributed by atoms with Crippen LogP contribution in [0, 0.1) is 0 Å². The smallest absolute Gasteiger partial charge is 0.233 e. The predicted molar refractivity (Wildman–Crippen MR) is 71.9 cm³/mol. The van der Waals surface area contributed by atoms with Gasteiger partial charge in [0.25, 0.3) is 0 Å². The molecular weight excluding hydrogens is 228 g/mol. The minimum atomic E-state index is -0.0583. The number of hydrogen-bond donors (Lipinski definition) is 2. The summed E-state index contributed by atoms with van der Waals surface area (Å²) in [7, 11) is 1.64. The molecule has 18 heavy (non-hydrogen) atoms. The molecule has 0 aliphatic carbocycles. The Kier molecular flexibility index (Phi) is 5.74. The number of likely N-dealkylation sites (N-methyl/N-ethyl adjacent to an activating group) is 2. The van der Waals surface area contributed by atoms with Crippen molar-refractivity contribution < 1.29 is 4.79 Å². The van der Waals surface area contributed by atoms with E-state index < -0.39 is 0 Å². The summed E-state index contributed by atoms with van der Waals surface area (Å²) in [4.78, 5) is 17.6. The Balaban J connectivity index is 2.92. The third-order valence-electron chi connectivity index (χ3n) is 2.97. The molecule has 1 heterocycles. The van der Waals surface area contributed by atoms with Gasteiger partial charge in [0.15, 0.2) is 0 Å². The highest BCUT2D eigenvalue weighted by Crippen LogP contribution is 2.22. The van der Waals surface area contributed by atoms with Crippen LogP contribution in [0.25, 0.3) is 0 Å². The second-order valence-electron chi connectivity index (χ2n) is 4.32. The fourth-order valence-electron chi connectivity index (χ4n) is 2.08. The van der Waals surface area contributed by atoms with Crippen LogP contribution in [0.3, 0.4) is 0 Å². The molecule has 1 rings (SSSR count). The van der Waals surface area contributed by atoms with Crippen LogP contribution in [0.4, 0.5) is 0 Å². The van der Waals surface area contributed by atoms with Crippen LogP contribution >= 0.6 is 0 Å². The summed E-state index contributed by atoms with van der Waals surface area (Å²) in [5, 5.41) is 2.64. The largest absolute Gasteiger partial charge is 0.358 e. The monoisotopic (exact) mass is 250 g/mol. The van der Waals surface area contributed by atoms with E-state index in [1.54, 1.807) is 19.4 Å². The van der Waals surface area contributed by atoms with Gasteiger partial charge in [-0.25, -0.2) is 0 Å². The molecule has 3 N–H and O–H groups in total. The Hall–Kier alpha value is -1.46. The Bertz CT molecular complexity index is 367. The normalized spacial score (nSPS) is 14.3. The molecule has 0 saturated heterocycles. The summed E-state index contributed by atoms with van der Waals surface area (Å²) in [6.45, 7) is 5.10. The van der Waals surface area contributed by atoms with E-state index in [0.29, 0.717) is 6.54 Å². The first-order chi connectivity index (χ1) is 8.60. The number of pyridine rings is 1. The van der Waals surface area contributed by atoms with Crippen molar-refractivity contribution in [2.45, 2.75) is 25.9 Å². The first-order valence-electron chi connectivity index (χ1n) is 6.20. The van der Waals surface area contributed by atoms with E-state index in [2.05, 4.69) is 15.2 Å². The Morgan fingerprint density at radius 3 is 2.56 bits per heavy atom. The van der Waals surface area contributed by atoms with Crippen LogP contribution in [0.5, 0.6) is 0 Å². The number of amides is 1. The van der Waals surface area contributed by atoms with Gasteiger partial charge in [-0.2, -0.15) is 0 Å². The quantitative estimate of drug-likeness (QED) is 0.773. The van der Waals surface area contributed by atoms with Crippen molar-refractivity contribution in [3.05, 3.63) is 30.1 Å². The van der Waals surface area contributed by atoms with E-state index >= 15 is 0 Å². The van der Waals surface area contributed by atoms with Crippen LogP contribution < -0.4 is 11.1 Å². The van der Waals surface area contributed by atoms with Gasteiger partial charge in [0.1, 0.15) is 0 Å². The lowest BCUT2D eigenvalue weighted by molar-refractivity contribution is -0.122. The zero-order valence-corrected chi connectivity index (χ0v) is 11.3. The van der Waals surface area contributed by atoms with Gasteiger partial charge >= 0.3 is 0 Å². The fraction of sp³-hybridized carbons (Fsp3) is 0.538. The molecule has 0 aromatic carbocycles. The molecule has 2 atom stereocenters. The maximum Gasteiger partial charge on any atom is 0.233 e. The minimum absolute atomic E-state index is 0.00319. The van der Waals surface area contributed by atoms with E-state index in [1.807, 2.05) is 26.0 Å². The molecule has 1 aromatic rings. The molecule has 100 valence electrons. The van der Waals surface area contributed by atoms with E-state index in [1.165, 1.54) is 0 Å². The highest BCUT2D eigenvalue weighted by atomic mass is 16.1. The van der Waals surface area contributed by atoms with Gasteiger partial charge in [-0.1, -0.05) is 6.92 Å². The molecule has 1 amide bonds. The Morgan fingerprint density at radius 1 is 1.50 bits per heavy atom. The van der Waals surface area contributed by atoms with Crippen LogP contribution in [-0.4, -0.2) is 42.0 Å². The lowest BCUT2D eigenvalue weighted by Gasteiger charge is -2.33. The molecule has 0 saturated carbocycles. The van der Waals surface area contributed by atoms with Crippen molar-refractivity contribution in [3.63, 3.8) is 0 Å².